The van der Waals surface area contributed by atoms with Gasteiger partial charge < -0.3 is 4.90 Å². The van der Waals surface area contributed by atoms with E-state index in [-0.39, 0.29) is 23.8 Å². The fraction of sp³-hybridized carbons (Fsp3) is 0.529. The third kappa shape index (κ3) is 1.99. The molecule has 5 heteroatoms. The molecule has 0 aromatic heterocycles. The first-order chi connectivity index (χ1) is 10.7. The van der Waals surface area contributed by atoms with Gasteiger partial charge in [0.1, 0.15) is 17.6 Å². The van der Waals surface area contributed by atoms with Crippen LogP contribution in [0.4, 0.5) is 4.39 Å². The van der Waals surface area contributed by atoms with Crippen molar-refractivity contribution in [3.63, 3.8) is 0 Å². The highest BCUT2D eigenvalue weighted by Gasteiger charge is 2.54. The number of nitrogens with one attached hydrogen (secondary N) is 1. The van der Waals surface area contributed by atoms with E-state index in [1.54, 1.807) is 17.1 Å². The highest BCUT2D eigenvalue weighted by molar-refractivity contribution is 5.96. The van der Waals surface area contributed by atoms with Crippen molar-refractivity contribution in [2.75, 3.05) is 13.1 Å². The topological polar surface area (TPSA) is 37.1 Å². The maximum atomic E-state index is 13.3. The SMILES string of the molecule is CCC(=O)N1N=C2C3CC[NH+](CC3)[C@@H]2[C@@H]1c1ccc(F)cc1. The molecule has 0 aliphatic carbocycles. The lowest BCUT2D eigenvalue weighted by atomic mass is 9.78. The van der Waals surface area contributed by atoms with Gasteiger partial charge in [0, 0.05) is 25.2 Å². The Labute approximate surface area is 129 Å². The zero-order chi connectivity index (χ0) is 15.3. The number of piperidine rings is 3. The van der Waals surface area contributed by atoms with Gasteiger partial charge in [0.05, 0.1) is 13.1 Å². The summed E-state index contributed by atoms with van der Waals surface area (Å²) in [5.41, 5.74) is 2.19. The number of halogens is 1. The lowest BCUT2D eigenvalue weighted by Crippen LogP contribution is -3.20. The van der Waals surface area contributed by atoms with E-state index in [4.69, 9.17) is 5.10 Å². The average Bonchev–Trinajstić information content (AvgIpc) is 2.98. The van der Waals surface area contributed by atoms with E-state index in [9.17, 15) is 9.18 Å². The van der Waals surface area contributed by atoms with Gasteiger partial charge in [-0.25, -0.2) is 9.40 Å². The van der Waals surface area contributed by atoms with Crippen LogP contribution in [0.3, 0.4) is 0 Å². The highest BCUT2D eigenvalue weighted by Crippen LogP contribution is 2.36. The molecular formula is C17H21FN3O+. The van der Waals surface area contributed by atoms with Gasteiger partial charge in [0.2, 0.25) is 5.91 Å². The molecule has 1 amide bonds. The molecule has 3 saturated heterocycles. The first-order valence-corrected chi connectivity index (χ1v) is 8.19. The van der Waals surface area contributed by atoms with Gasteiger partial charge in [-0.05, 0) is 17.7 Å². The Hall–Kier alpha value is -1.75. The average molecular weight is 302 g/mol. The van der Waals surface area contributed by atoms with Gasteiger partial charge >= 0.3 is 0 Å². The van der Waals surface area contributed by atoms with Gasteiger partial charge in [-0.15, -0.1) is 0 Å². The number of hydrazone groups is 1. The molecule has 22 heavy (non-hydrogen) atoms. The second-order valence-corrected chi connectivity index (χ2v) is 6.52. The summed E-state index contributed by atoms with van der Waals surface area (Å²) in [6.07, 6.45) is 2.80. The summed E-state index contributed by atoms with van der Waals surface area (Å²) in [6.45, 7) is 4.17. The van der Waals surface area contributed by atoms with Crippen LogP contribution in [-0.4, -0.2) is 35.8 Å². The van der Waals surface area contributed by atoms with Crippen LogP contribution in [0.1, 0.15) is 37.8 Å². The summed E-state index contributed by atoms with van der Waals surface area (Å²) in [6, 6.07) is 6.75. The smallest absolute Gasteiger partial charge is 0.243 e. The summed E-state index contributed by atoms with van der Waals surface area (Å²) < 4.78 is 13.3. The predicted octanol–water partition coefficient (Wildman–Crippen LogP) is 1.15. The van der Waals surface area contributed by atoms with Gasteiger partial charge in [0.25, 0.3) is 0 Å². The first kappa shape index (κ1) is 13.9. The van der Waals surface area contributed by atoms with Crippen LogP contribution in [0.25, 0.3) is 0 Å². The van der Waals surface area contributed by atoms with E-state index >= 15 is 0 Å². The van der Waals surface area contributed by atoms with Crippen molar-refractivity contribution < 1.29 is 14.1 Å². The van der Waals surface area contributed by atoms with Crippen LogP contribution < -0.4 is 4.90 Å². The molecule has 0 saturated carbocycles. The molecule has 0 unspecified atom stereocenters. The van der Waals surface area contributed by atoms with Crippen LogP contribution >= 0.6 is 0 Å². The molecule has 4 heterocycles. The van der Waals surface area contributed by atoms with Crippen molar-refractivity contribution in [1.82, 2.24) is 5.01 Å². The zero-order valence-corrected chi connectivity index (χ0v) is 12.8. The van der Waals surface area contributed by atoms with E-state index in [0.29, 0.717) is 12.3 Å². The molecule has 5 rings (SSSR count). The molecule has 4 aliphatic heterocycles. The maximum absolute atomic E-state index is 13.3. The van der Waals surface area contributed by atoms with Gasteiger partial charge in [0.15, 0.2) is 6.04 Å². The number of benzene rings is 1. The monoisotopic (exact) mass is 302 g/mol. The number of rotatable bonds is 2. The van der Waals surface area contributed by atoms with E-state index in [1.807, 2.05) is 6.92 Å². The highest BCUT2D eigenvalue weighted by atomic mass is 19.1. The number of fused-ring (bicyclic) bond motifs is 2. The third-order valence-electron chi connectivity index (χ3n) is 5.38. The summed E-state index contributed by atoms with van der Waals surface area (Å²) in [5.74, 6) is 0.338. The molecule has 2 bridgehead atoms. The Morgan fingerprint density at radius 3 is 2.64 bits per heavy atom. The number of carbonyl (C=O) groups is 1. The van der Waals surface area contributed by atoms with Crippen LogP contribution in [0.5, 0.6) is 0 Å². The summed E-state index contributed by atoms with van der Waals surface area (Å²) in [4.78, 5) is 13.9. The summed E-state index contributed by atoms with van der Waals surface area (Å²) >= 11 is 0. The van der Waals surface area contributed by atoms with Crippen molar-refractivity contribution in [2.45, 2.75) is 38.3 Å². The van der Waals surface area contributed by atoms with Crippen LogP contribution in [0, 0.1) is 11.7 Å². The van der Waals surface area contributed by atoms with Gasteiger partial charge in [-0.3, -0.25) is 4.79 Å². The number of hydrogen-bond acceptors (Lipinski definition) is 2. The zero-order valence-electron chi connectivity index (χ0n) is 12.8. The van der Waals surface area contributed by atoms with E-state index < -0.39 is 0 Å². The first-order valence-electron chi connectivity index (χ1n) is 8.19. The van der Waals surface area contributed by atoms with Crippen LogP contribution in [-0.2, 0) is 4.79 Å². The van der Waals surface area contributed by atoms with E-state index in [2.05, 4.69) is 0 Å². The van der Waals surface area contributed by atoms with Gasteiger partial charge in [-0.2, -0.15) is 5.10 Å². The molecular weight excluding hydrogens is 281 g/mol. The molecule has 1 N–H and O–H groups in total. The molecule has 1 aromatic carbocycles. The Morgan fingerprint density at radius 1 is 1.32 bits per heavy atom. The van der Waals surface area contributed by atoms with Crippen LogP contribution in [0.2, 0.25) is 0 Å². The van der Waals surface area contributed by atoms with E-state index in [0.717, 1.165) is 18.7 Å². The van der Waals surface area contributed by atoms with Gasteiger partial charge in [-0.1, -0.05) is 19.1 Å². The fourth-order valence-corrected chi connectivity index (χ4v) is 4.28. The number of quaternary nitrogens is 1. The molecule has 4 aliphatic rings. The van der Waals surface area contributed by atoms with Crippen molar-refractivity contribution >= 4 is 11.6 Å². The van der Waals surface area contributed by atoms with Crippen molar-refractivity contribution in [2.24, 2.45) is 11.0 Å². The number of amides is 1. The molecule has 0 spiro atoms. The quantitative estimate of drug-likeness (QED) is 0.874. The Balaban J connectivity index is 1.76. The van der Waals surface area contributed by atoms with Crippen molar-refractivity contribution in [3.8, 4) is 0 Å². The van der Waals surface area contributed by atoms with Crippen molar-refractivity contribution in [3.05, 3.63) is 35.6 Å². The minimum atomic E-state index is -0.242. The standard InChI is InChI=1S/C17H20FN3O/c1-2-14(22)21-16(12-3-5-13(18)6-4-12)17-15(19-21)11-7-9-20(17)10-8-11/h3-6,11,16-17H,2,7-10H2,1H3/p+1/t16-,17-/m0/s1. The predicted molar refractivity (Wildman–Crippen MR) is 80.9 cm³/mol. The second-order valence-electron chi connectivity index (χ2n) is 6.52. The molecule has 1 aromatic rings. The minimum absolute atomic E-state index is 0.0521. The Kier molecular flexibility index (Phi) is 3.26. The molecule has 116 valence electrons. The Morgan fingerprint density at radius 2 is 2.00 bits per heavy atom. The van der Waals surface area contributed by atoms with Crippen LogP contribution in [0.15, 0.2) is 29.4 Å². The lowest BCUT2D eigenvalue weighted by Gasteiger charge is -2.42. The summed E-state index contributed by atoms with van der Waals surface area (Å²) in [7, 11) is 0. The molecule has 4 nitrogen and oxygen atoms in total. The molecule has 0 radical (unpaired) electrons. The molecule has 2 atom stereocenters. The third-order valence-corrected chi connectivity index (χ3v) is 5.38. The normalized spacial score (nSPS) is 32.8. The summed E-state index contributed by atoms with van der Waals surface area (Å²) in [5, 5.41) is 6.41. The Bertz CT molecular complexity index is 619. The van der Waals surface area contributed by atoms with E-state index in [1.165, 1.54) is 35.6 Å². The van der Waals surface area contributed by atoms with Crippen molar-refractivity contribution in [1.29, 1.82) is 0 Å². The largest absolute Gasteiger partial charge is 0.326 e. The number of carbonyl (C=O) groups excluding carboxylic acids is 1. The number of nitrogens with zero attached hydrogens (tertiary/aromatic N) is 2. The second kappa shape index (κ2) is 5.16. The number of hydrogen-bond donors (Lipinski definition) is 1. The molecule has 3 fully saturated rings. The maximum Gasteiger partial charge on any atom is 0.243 e. The minimum Gasteiger partial charge on any atom is -0.326 e. The fourth-order valence-electron chi connectivity index (χ4n) is 4.28. The lowest BCUT2D eigenvalue weighted by molar-refractivity contribution is -0.927.